The van der Waals surface area contributed by atoms with Gasteiger partial charge in [0.05, 0.1) is 6.04 Å². The van der Waals surface area contributed by atoms with Crippen LogP contribution in [-0.4, -0.2) is 11.0 Å². The van der Waals surface area contributed by atoms with E-state index in [9.17, 15) is 4.39 Å². The summed E-state index contributed by atoms with van der Waals surface area (Å²) in [4.78, 5) is 4.28. The van der Waals surface area contributed by atoms with Crippen molar-refractivity contribution in [2.45, 2.75) is 32.4 Å². The smallest absolute Gasteiger partial charge is 0.126 e. The summed E-state index contributed by atoms with van der Waals surface area (Å²) >= 11 is 1.63. The van der Waals surface area contributed by atoms with Crippen LogP contribution in [0.3, 0.4) is 0 Å². The number of aromatic nitrogens is 1. The predicted molar refractivity (Wildman–Crippen MR) is 73.2 cm³/mol. The minimum atomic E-state index is -0.131. The molecule has 0 aliphatic rings. The number of nitrogens with zero attached hydrogens (tertiary/aromatic N) is 1. The molecule has 2 aromatic rings. The number of benzene rings is 1. The van der Waals surface area contributed by atoms with Crippen molar-refractivity contribution in [3.63, 3.8) is 0 Å². The largest absolute Gasteiger partial charge is 0.305 e. The number of halogens is 1. The minimum absolute atomic E-state index is 0.131. The first-order chi connectivity index (χ1) is 8.66. The Balaban J connectivity index is 1.93. The van der Waals surface area contributed by atoms with Crippen molar-refractivity contribution in [3.8, 4) is 0 Å². The summed E-state index contributed by atoms with van der Waals surface area (Å²) in [6.45, 7) is 4.15. The molecule has 0 aliphatic carbocycles. The molecule has 0 saturated heterocycles. The maximum atomic E-state index is 13.5. The molecule has 1 aromatic carbocycles. The Bertz CT molecular complexity index is 484. The van der Waals surface area contributed by atoms with E-state index in [1.54, 1.807) is 23.6 Å². The highest BCUT2D eigenvalue weighted by atomic mass is 32.1. The third-order valence-electron chi connectivity index (χ3n) is 2.84. The third kappa shape index (κ3) is 3.37. The molecule has 1 heterocycles. The van der Waals surface area contributed by atoms with Gasteiger partial charge in [-0.05, 0) is 31.9 Å². The van der Waals surface area contributed by atoms with E-state index in [1.165, 1.54) is 6.07 Å². The van der Waals surface area contributed by atoms with Crippen LogP contribution in [0.4, 0.5) is 4.39 Å². The van der Waals surface area contributed by atoms with Crippen LogP contribution in [0.1, 0.15) is 30.5 Å². The first kappa shape index (κ1) is 13.2. The molecule has 0 saturated carbocycles. The Labute approximate surface area is 111 Å². The molecule has 0 aliphatic heterocycles. The lowest BCUT2D eigenvalue weighted by atomic mass is 10.1. The van der Waals surface area contributed by atoms with Crippen LogP contribution in [0.2, 0.25) is 0 Å². The van der Waals surface area contributed by atoms with E-state index in [0.29, 0.717) is 6.42 Å². The van der Waals surface area contributed by atoms with Crippen molar-refractivity contribution >= 4 is 11.3 Å². The molecular formula is C14H17FN2S. The average molecular weight is 264 g/mol. The van der Waals surface area contributed by atoms with Crippen molar-refractivity contribution in [2.75, 3.05) is 0 Å². The van der Waals surface area contributed by atoms with Crippen molar-refractivity contribution in [3.05, 3.63) is 52.2 Å². The number of thiazole rings is 1. The van der Waals surface area contributed by atoms with Crippen molar-refractivity contribution in [1.82, 2.24) is 10.3 Å². The first-order valence-corrected chi connectivity index (χ1v) is 6.93. The van der Waals surface area contributed by atoms with Gasteiger partial charge in [-0.3, -0.25) is 0 Å². The van der Waals surface area contributed by atoms with Gasteiger partial charge >= 0.3 is 0 Å². The van der Waals surface area contributed by atoms with E-state index < -0.39 is 0 Å². The van der Waals surface area contributed by atoms with Gasteiger partial charge < -0.3 is 5.32 Å². The summed E-state index contributed by atoms with van der Waals surface area (Å²) in [6, 6.07) is 7.34. The molecule has 2 nitrogen and oxygen atoms in total. The van der Waals surface area contributed by atoms with Crippen LogP contribution >= 0.6 is 11.3 Å². The zero-order valence-electron chi connectivity index (χ0n) is 10.6. The lowest BCUT2D eigenvalue weighted by molar-refractivity contribution is 0.468. The van der Waals surface area contributed by atoms with E-state index in [2.05, 4.69) is 24.1 Å². The molecule has 1 N–H and O–H groups in total. The summed E-state index contributed by atoms with van der Waals surface area (Å²) in [5, 5.41) is 6.47. The molecule has 0 radical (unpaired) electrons. The second-order valence-electron chi connectivity index (χ2n) is 4.46. The molecule has 0 bridgehead atoms. The van der Waals surface area contributed by atoms with Gasteiger partial charge in [-0.25, -0.2) is 9.37 Å². The minimum Gasteiger partial charge on any atom is -0.305 e. The van der Waals surface area contributed by atoms with Crippen LogP contribution in [0.15, 0.2) is 35.8 Å². The monoisotopic (exact) mass is 264 g/mol. The van der Waals surface area contributed by atoms with E-state index in [1.807, 2.05) is 17.5 Å². The Morgan fingerprint density at radius 1 is 1.33 bits per heavy atom. The van der Waals surface area contributed by atoms with Crippen molar-refractivity contribution < 1.29 is 4.39 Å². The standard InChI is InChI=1S/C14H17FN2S/c1-10(9-12-5-3-4-6-13(12)15)17-11(2)14-16-7-8-18-14/h3-8,10-11,17H,9H2,1-2H3. The number of nitrogens with one attached hydrogen (secondary N) is 1. The molecule has 2 rings (SSSR count). The van der Waals surface area contributed by atoms with E-state index in [4.69, 9.17) is 0 Å². The highest BCUT2D eigenvalue weighted by Crippen LogP contribution is 2.16. The van der Waals surface area contributed by atoms with E-state index in [-0.39, 0.29) is 17.9 Å². The van der Waals surface area contributed by atoms with Gasteiger partial charge in [0, 0.05) is 17.6 Å². The fourth-order valence-corrected chi connectivity index (χ4v) is 2.65. The summed E-state index contributed by atoms with van der Waals surface area (Å²) in [6.07, 6.45) is 2.49. The highest BCUT2D eigenvalue weighted by molar-refractivity contribution is 7.09. The lowest BCUT2D eigenvalue weighted by Gasteiger charge is -2.18. The van der Waals surface area contributed by atoms with Crippen molar-refractivity contribution in [1.29, 1.82) is 0 Å². The molecule has 2 unspecified atom stereocenters. The second kappa shape index (κ2) is 6.07. The van der Waals surface area contributed by atoms with Gasteiger partial charge in [-0.2, -0.15) is 0 Å². The van der Waals surface area contributed by atoms with Crippen LogP contribution in [0.25, 0.3) is 0 Å². The SMILES string of the molecule is CC(Cc1ccccc1F)NC(C)c1nccs1. The van der Waals surface area contributed by atoms with Gasteiger partial charge in [0.15, 0.2) is 0 Å². The highest BCUT2D eigenvalue weighted by Gasteiger charge is 2.13. The van der Waals surface area contributed by atoms with E-state index in [0.717, 1.165) is 10.6 Å². The Kier molecular flexibility index (Phi) is 4.44. The number of hydrogen-bond acceptors (Lipinski definition) is 3. The van der Waals surface area contributed by atoms with Gasteiger partial charge in [0.25, 0.3) is 0 Å². The van der Waals surface area contributed by atoms with Crippen LogP contribution in [0.5, 0.6) is 0 Å². The normalized spacial score (nSPS) is 14.4. The molecule has 0 fully saturated rings. The van der Waals surface area contributed by atoms with Gasteiger partial charge in [-0.1, -0.05) is 18.2 Å². The quantitative estimate of drug-likeness (QED) is 0.893. The fraction of sp³-hybridized carbons (Fsp3) is 0.357. The molecule has 0 amide bonds. The summed E-state index contributed by atoms with van der Waals surface area (Å²) in [5.41, 5.74) is 0.754. The first-order valence-electron chi connectivity index (χ1n) is 6.05. The maximum Gasteiger partial charge on any atom is 0.126 e. The zero-order valence-corrected chi connectivity index (χ0v) is 11.4. The maximum absolute atomic E-state index is 13.5. The molecule has 4 heteroatoms. The van der Waals surface area contributed by atoms with Gasteiger partial charge in [0.2, 0.25) is 0 Å². The van der Waals surface area contributed by atoms with Gasteiger partial charge in [0.1, 0.15) is 10.8 Å². The Hall–Kier alpha value is -1.26. The summed E-state index contributed by atoms with van der Waals surface area (Å²) < 4.78 is 13.5. The predicted octanol–water partition coefficient (Wildman–Crippen LogP) is 3.56. The summed E-state index contributed by atoms with van der Waals surface area (Å²) in [7, 11) is 0. The summed E-state index contributed by atoms with van der Waals surface area (Å²) in [5.74, 6) is -0.131. The topological polar surface area (TPSA) is 24.9 Å². The molecule has 96 valence electrons. The lowest BCUT2D eigenvalue weighted by Crippen LogP contribution is -2.30. The third-order valence-corrected chi connectivity index (χ3v) is 3.80. The second-order valence-corrected chi connectivity index (χ2v) is 5.38. The van der Waals surface area contributed by atoms with E-state index >= 15 is 0 Å². The van der Waals surface area contributed by atoms with Crippen LogP contribution in [0, 0.1) is 5.82 Å². The molecule has 1 aromatic heterocycles. The van der Waals surface area contributed by atoms with Crippen molar-refractivity contribution in [2.24, 2.45) is 0 Å². The van der Waals surface area contributed by atoms with Crippen LogP contribution < -0.4 is 5.32 Å². The molecule has 2 atom stereocenters. The fourth-order valence-electron chi connectivity index (χ4n) is 2.00. The Morgan fingerprint density at radius 2 is 2.11 bits per heavy atom. The molecule has 0 spiro atoms. The number of rotatable bonds is 5. The molecule has 18 heavy (non-hydrogen) atoms. The zero-order chi connectivity index (χ0) is 13.0. The van der Waals surface area contributed by atoms with Crippen LogP contribution in [-0.2, 0) is 6.42 Å². The number of hydrogen-bond donors (Lipinski definition) is 1. The molecular weight excluding hydrogens is 247 g/mol. The van der Waals surface area contributed by atoms with Gasteiger partial charge in [-0.15, -0.1) is 11.3 Å². The average Bonchev–Trinajstić information content (AvgIpc) is 2.85. The Morgan fingerprint density at radius 3 is 2.78 bits per heavy atom.